The van der Waals surface area contributed by atoms with Crippen molar-refractivity contribution in [2.75, 3.05) is 6.61 Å². The fraction of sp³-hybridized carbons (Fsp3) is 0.167. The van der Waals surface area contributed by atoms with Gasteiger partial charge in [0.2, 0.25) is 0 Å². The largest absolute Gasteiger partial charge is 0.493 e. The number of hydrogen-bond donors (Lipinski definition) is 0. The lowest BCUT2D eigenvalue weighted by atomic mass is 10.1. The molecule has 0 fully saturated rings. The van der Waals surface area contributed by atoms with Crippen LogP contribution < -0.4 is 4.74 Å². The van der Waals surface area contributed by atoms with E-state index in [2.05, 4.69) is 4.98 Å². The molecule has 0 aliphatic carbocycles. The van der Waals surface area contributed by atoms with E-state index in [9.17, 15) is 13.2 Å². The molecule has 124 valence electrons. The van der Waals surface area contributed by atoms with Crippen LogP contribution in [0.4, 0.5) is 13.2 Å². The Morgan fingerprint density at radius 3 is 2.33 bits per heavy atom. The van der Waals surface area contributed by atoms with Crippen molar-refractivity contribution >= 4 is 11.3 Å². The van der Waals surface area contributed by atoms with Crippen LogP contribution >= 0.6 is 11.3 Å². The van der Waals surface area contributed by atoms with Crippen LogP contribution in [0.3, 0.4) is 0 Å². The van der Waals surface area contributed by atoms with Gasteiger partial charge in [-0.15, -0.1) is 11.3 Å². The molecule has 2 aromatic carbocycles. The molecule has 0 radical (unpaired) electrons. The third-order valence-corrected chi connectivity index (χ3v) is 4.32. The number of thiazole rings is 1. The maximum absolute atomic E-state index is 12.6. The van der Waals surface area contributed by atoms with Crippen molar-refractivity contribution in [3.63, 3.8) is 0 Å². The Morgan fingerprint density at radius 1 is 0.958 bits per heavy atom. The Labute approximate surface area is 141 Å². The monoisotopic (exact) mass is 349 g/mol. The van der Waals surface area contributed by atoms with Gasteiger partial charge in [0.1, 0.15) is 10.8 Å². The van der Waals surface area contributed by atoms with Gasteiger partial charge in [0.15, 0.2) is 0 Å². The molecule has 0 saturated carbocycles. The Bertz CT molecular complexity index is 782. The van der Waals surface area contributed by atoms with Gasteiger partial charge in [-0.25, -0.2) is 4.98 Å². The van der Waals surface area contributed by atoms with Crippen LogP contribution in [0.25, 0.3) is 10.6 Å². The van der Waals surface area contributed by atoms with Crippen molar-refractivity contribution in [2.24, 2.45) is 0 Å². The van der Waals surface area contributed by atoms with E-state index < -0.39 is 11.7 Å². The van der Waals surface area contributed by atoms with Gasteiger partial charge in [-0.05, 0) is 24.3 Å². The Kier molecular flexibility index (Phi) is 4.85. The van der Waals surface area contributed by atoms with E-state index in [0.717, 1.165) is 23.6 Å². The Morgan fingerprint density at radius 2 is 1.67 bits per heavy atom. The molecule has 1 heterocycles. The van der Waals surface area contributed by atoms with E-state index in [1.807, 2.05) is 35.7 Å². The van der Waals surface area contributed by atoms with E-state index in [0.29, 0.717) is 23.6 Å². The van der Waals surface area contributed by atoms with Crippen LogP contribution in [0.1, 0.15) is 11.3 Å². The summed E-state index contributed by atoms with van der Waals surface area (Å²) in [5.74, 6) is 0.802. The molecule has 0 saturated heterocycles. The van der Waals surface area contributed by atoms with Crippen LogP contribution in [-0.2, 0) is 12.6 Å². The summed E-state index contributed by atoms with van der Waals surface area (Å²) in [6, 6.07) is 14.6. The number of alkyl halides is 3. The molecule has 0 amide bonds. The fourth-order valence-corrected chi connectivity index (χ4v) is 3.01. The Hall–Kier alpha value is -2.34. The molecule has 0 aliphatic rings. The molecular weight excluding hydrogens is 335 g/mol. The number of halogens is 3. The number of para-hydroxylation sites is 1. The second-order valence-electron chi connectivity index (χ2n) is 5.13. The standard InChI is InChI=1S/C18H14F3NOS/c19-18(20,21)14-8-6-13(7-9-14)17-22-15(12-24-17)10-11-23-16-4-2-1-3-5-16/h1-9,12H,10-11H2. The zero-order valence-electron chi connectivity index (χ0n) is 12.6. The molecule has 3 aromatic rings. The first kappa shape index (κ1) is 16.5. The van der Waals surface area contributed by atoms with Crippen molar-refractivity contribution < 1.29 is 17.9 Å². The highest BCUT2D eigenvalue weighted by atomic mass is 32.1. The quantitative estimate of drug-likeness (QED) is 0.611. The first-order chi connectivity index (χ1) is 11.5. The summed E-state index contributed by atoms with van der Waals surface area (Å²) in [5.41, 5.74) is 0.897. The summed E-state index contributed by atoms with van der Waals surface area (Å²) in [6.45, 7) is 0.500. The number of hydrogen-bond acceptors (Lipinski definition) is 3. The van der Waals surface area contributed by atoms with Crippen LogP contribution in [0, 0.1) is 0 Å². The predicted octanol–water partition coefficient (Wildman–Crippen LogP) is 5.45. The molecule has 0 N–H and O–H groups in total. The minimum Gasteiger partial charge on any atom is -0.493 e. The first-order valence-corrected chi connectivity index (χ1v) is 8.20. The first-order valence-electron chi connectivity index (χ1n) is 7.32. The lowest BCUT2D eigenvalue weighted by molar-refractivity contribution is -0.137. The zero-order chi connectivity index (χ0) is 17.0. The predicted molar refractivity (Wildman–Crippen MR) is 88.2 cm³/mol. The fourth-order valence-electron chi connectivity index (χ4n) is 2.15. The second-order valence-corrected chi connectivity index (χ2v) is 5.99. The normalized spacial score (nSPS) is 11.5. The van der Waals surface area contributed by atoms with Crippen LogP contribution in [-0.4, -0.2) is 11.6 Å². The van der Waals surface area contributed by atoms with Gasteiger partial charge in [0.05, 0.1) is 17.9 Å². The van der Waals surface area contributed by atoms with Gasteiger partial charge >= 0.3 is 6.18 Å². The van der Waals surface area contributed by atoms with Crippen LogP contribution in [0.15, 0.2) is 60.0 Å². The number of benzene rings is 2. The van der Waals surface area contributed by atoms with Crippen molar-refractivity contribution in [3.05, 3.63) is 71.2 Å². The smallest absolute Gasteiger partial charge is 0.416 e. The van der Waals surface area contributed by atoms with E-state index in [1.165, 1.54) is 23.5 Å². The lowest BCUT2D eigenvalue weighted by Crippen LogP contribution is -2.04. The van der Waals surface area contributed by atoms with Gasteiger partial charge in [-0.3, -0.25) is 0 Å². The SMILES string of the molecule is FC(F)(F)c1ccc(-c2nc(CCOc3ccccc3)cs2)cc1. The number of ether oxygens (including phenoxy) is 1. The summed E-state index contributed by atoms with van der Waals surface area (Å²) in [4.78, 5) is 4.46. The number of rotatable bonds is 5. The van der Waals surface area contributed by atoms with Gasteiger partial charge in [0.25, 0.3) is 0 Å². The molecule has 2 nitrogen and oxygen atoms in total. The molecule has 3 rings (SSSR count). The molecule has 0 spiro atoms. The van der Waals surface area contributed by atoms with E-state index in [-0.39, 0.29) is 0 Å². The zero-order valence-corrected chi connectivity index (χ0v) is 13.4. The summed E-state index contributed by atoms with van der Waals surface area (Å²) in [7, 11) is 0. The maximum atomic E-state index is 12.6. The third kappa shape index (κ3) is 4.14. The topological polar surface area (TPSA) is 22.1 Å². The summed E-state index contributed by atoms with van der Waals surface area (Å²) in [5, 5.41) is 2.61. The second kappa shape index (κ2) is 7.05. The average Bonchev–Trinajstić information content (AvgIpc) is 3.04. The highest BCUT2D eigenvalue weighted by Gasteiger charge is 2.30. The molecule has 24 heavy (non-hydrogen) atoms. The molecule has 0 bridgehead atoms. The van der Waals surface area contributed by atoms with Gasteiger partial charge in [-0.1, -0.05) is 30.3 Å². The van der Waals surface area contributed by atoms with Gasteiger partial charge in [-0.2, -0.15) is 13.2 Å². The molecule has 1 aromatic heterocycles. The maximum Gasteiger partial charge on any atom is 0.416 e. The van der Waals surface area contributed by atoms with Crippen molar-refractivity contribution in [3.8, 4) is 16.3 Å². The minimum absolute atomic E-state index is 0.500. The lowest BCUT2D eigenvalue weighted by Gasteiger charge is -2.06. The summed E-state index contributed by atoms with van der Waals surface area (Å²) >= 11 is 1.41. The van der Waals surface area contributed by atoms with E-state index >= 15 is 0 Å². The highest BCUT2D eigenvalue weighted by Crippen LogP contribution is 2.31. The molecule has 6 heteroatoms. The van der Waals surface area contributed by atoms with Gasteiger partial charge in [0, 0.05) is 17.4 Å². The molecule has 0 atom stereocenters. The summed E-state index contributed by atoms with van der Waals surface area (Å²) in [6.07, 6.45) is -3.67. The highest BCUT2D eigenvalue weighted by molar-refractivity contribution is 7.13. The average molecular weight is 349 g/mol. The number of nitrogens with zero attached hydrogens (tertiary/aromatic N) is 1. The van der Waals surface area contributed by atoms with Gasteiger partial charge < -0.3 is 4.74 Å². The Balaban J connectivity index is 1.61. The third-order valence-electron chi connectivity index (χ3n) is 3.38. The van der Waals surface area contributed by atoms with Crippen LogP contribution in [0.2, 0.25) is 0 Å². The molecule has 0 aliphatic heterocycles. The molecular formula is C18H14F3NOS. The number of aromatic nitrogens is 1. The van der Waals surface area contributed by atoms with Crippen molar-refractivity contribution in [2.45, 2.75) is 12.6 Å². The van der Waals surface area contributed by atoms with Crippen molar-refractivity contribution in [1.82, 2.24) is 4.98 Å². The minimum atomic E-state index is -4.32. The van der Waals surface area contributed by atoms with Crippen LogP contribution in [0.5, 0.6) is 5.75 Å². The van der Waals surface area contributed by atoms with E-state index in [4.69, 9.17) is 4.74 Å². The molecule has 0 unspecified atom stereocenters. The van der Waals surface area contributed by atoms with Crippen molar-refractivity contribution in [1.29, 1.82) is 0 Å². The summed E-state index contributed by atoms with van der Waals surface area (Å²) < 4.78 is 43.4. The van der Waals surface area contributed by atoms with E-state index in [1.54, 1.807) is 0 Å².